The maximum Gasteiger partial charge on any atom is 0.415 e. The first-order valence-electron chi connectivity index (χ1n) is 31.5. The highest BCUT2D eigenvalue weighted by atomic mass is 16.6. The van der Waals surface area contributed by atoms with E-state index in [9.17, 15) is 43.8 Å². The number of Topliss-reactive ketones (excluding diaryl/α,β-unsaturated/α-hetero) is 1. The number of phenolic OH excluding ortho intramolecular Hbond substituents is 2. The zero-order valence-corrected chi connectivity index (χ0v) is 52.6. The Morgan fingerprint density at radius 3 is 1.86 bits per heavy atom. The van der Waals surface area contributed by atoms with Crippen molar-refractivity contribution >= 4 is 35.5 Å². The van der Waals surface area contributed by atoms with Gasteiger partial charge in [-0.15, -0.1) is 0 Å². The lowest BCUT2D eigenvalue weighted by molar-refractivity contribution is -0.134. The van der Waals surface area contributed by atoms with Crippen LogP contribution in [0.15, 0.2) is 126 Å². The topological polar surface area (TPSA) is 273 Å². The number of phenols is 2. The Morgan fingerprint density at radius 1 is 0.667 bits per heavy atom. The monoisotopic (exact) mass is 1230 g/mol. The van der Waals surface area contributed by atoms with Crippen LogP contribution in [0, 0.1) is 11.8 Å². The molecule has 5 amide bonds. The number of carbonyl (C=O) groups is 6. The number of hydrogen-bond acceptors (Lipinski definition) is 14. The number of piperazine rings is 1. The number of ether oxygens (including phenoxy) is 2. The summed E-state index contributed by atoms with van der Waals surface area (Å²) in [6, 6.07) is 31.7. The third-order valence-electron chi connectivity index (χ3n) is 17.1. The molecule has 0 unspecified atom stereocenters. The summed E-state index contributed by atoms with van der Waals surface area (Å²) in [5, 5.41) is 39.5. The number of piperidine rings is 1. The summed E-state index contributed by atoms with van der Waals surface area (Å²) in [7, 11) is 0. The van der Waals surface area contributed by atoms with Gasteiger partial charge in [-0.3, -0.25) is 33.8 Å². The van der Waals surface area contributed by atoms with E-state index in [-0.39, 0.29) is 78.0 Å². The number of carbonyl (C=O) groups excluding carboxylic acids is 6. The number of nitrogens with one attached hydrogen (secondary N) is 5. The number of nitrogens with zero attached hydrogens (tertiary/aromatic N) is 5. The van der Waals surface area contributed by atoms with Gasteiger partial charge in [0.05, 0.1) is 23.9 Å². The predicted molar refractivity (Wildman–Crippen MR) is 341 cm³/mol. The minimum atomic E-state index is -1.10. The third kappa shape index (κ3) is 17.2. The maximum atomic E-state index is 14.5. The van der Waals surface area contributed by atoms with Gasteiger partial charge in [-0.2, -0.15) is 5.10 Å². The van der Waals surface area contributed by atoms with Crippen LogP contribution in [0.4, 0.5) is 4.79 Å². The van der Waals surface area contributed by atoms with E-state index in [1.807, 2.05) is 126 Å². The summed E-state index contributed by atoms with van der Waals surface area (Å²) in [4.78, 5) is 104. The lowest BCUT2D eigenvalue weighted by Gasteiger charge is -2.42. The van der Waals surface area contributed by atoms with E-state index in [1.54, 1.807) is 30.0 Å². The Hall–Kier alpha value is -8.66. The predicted octanol–water partition coefficient (Wildman–Crippen LogP) is 7.42. The number of H-pyrrole nitrogens is 1. The van der Waals surface area contributed by atoms with Crippen LogP contribution in [-0.4, -0.2) is 157 Å². The number of rotatable bonds is 26. The molecule has 21 heteroatoms. The van der Waals surface area contributed by atoms with Crippen LogP contribution < -0.4 is 31.7 Å². The van der Waals surface area contributed by atoms with Gasteiger partial charge in [0.1, 0.15) is 41.0 Å². The second-order valence-electron chi connectivity index (χ2n) is 25.4. The molecule has 0 bridgehead atoms. The number of benzene rings is 5. The zero-order valence-electron chi connectivity index (χ0n) is 52.6. The van der Waals surface area contributed by atoms with Crippen molar-refractivity contribution in [1.82, 2.24) is 50.7 Å². The van der Waals surface area contributed by atoms with Gasteiger partial charge in [0.25, 0.3) is 5.91 Å². The van der Waals surface area contributed by atoms with Gasteiger partial charge in [0, 0.05) is 69.9 Å². The number of aromatic amines is 1. The highest BCUT2D eigenvalue weighted by Gasteiger charge is 2.50. The number of likely N-dealkylation sites (tertiary alicyclic amines) is 1. The smallest absolute Gasteiger partial charge is 0.415 e. The second kappa shape index (κ2) is 29.8. The standard InChI is InChI=1S/C69H86N10O11/c1-43(2)36-56(61(82)69(7)42-89-69)71-66(86)58(38-47-16-12-9-13-17-47)73-65(85)57(37-44(3)4)72-64(84)55(27-20-46-14-10-8-11-15-46)70-63(83)49-21-25-52(26-22-49)90-68(88)78-30-28-50(29-31-78)77-34-32-76(33-35-77)41-48-18-23-51(24-19-48)79-62(74-75-67(79)87)54-39-53(45(5)6)59(80)40-60(54)81/h8-19,21-26,39-40,43-45,50,55-58,80-81H,20,27-38,41-42H2,1-7H3,(H,70,83)(H,71,86)(H,72,84)(H,73,85)(H,75,87)/t55-,56-,57-,58-,69+/m0/s1. The summed E-state index contributed by atoms with van der Waals surface area (Å²) in [5.41, 5.74) is 3.15. The molecule has 5 atom stereocenters. The number of ketones is 1. The molecule has 90 heavy (non-hydrogen) atoms. The van der Waals surface area contributed by atoms with E-state index in [0.29, 0.717) is 48.8 Å². The fraction of sp³-hybridized carbons (Fsp3) is 0.449. The van der Waals surface area contributed by atoms with Crippen molar-refractivity contribution in [3.63, 3.8) is 0 Å². The Morgan fingerprint density at radius 2 is 1.24 bits per heavy atom. The quantitative estimate of drug-likeness (QED) is 0.0261. The van der Waals surface area contributed by atoms with Gasteiger partial charge in [0.15, 0.2) is 11.6 Å². The fourth-order valence-corrected chi connectivity index (χ4v) is 11.9. The van der Waals surface area contributed by atoms with Crippen molar-refractivity contribution < 1.29 is 48.5 Å². The first-order chi connectivity index (χ1) is 43.1. The summed E-state index contributed by atoms with van der Waals surface area (Å²) in [5.74, 6) is -2.21. The molecule has 3 saturated heterocycles. The van der Waals surface area contributed by atoms with Crippen LogP contribution in [-0.2, 0) is 43.3 Å². The number of amides is 5. The number of epoxide rings is 1. The summed E-state index contributed by atoms with van der Waals surface area (Å²) in [6.07, 6.45) is 2.44. The van der Waals surface area contributed by atoms with Gasteiger partial charge in [-0.25, -0.2) is 19.3 Å². The molecule has 21 nitrogen and oxygen atoms in total. The van der Waals surface area contributed by atoms with Gasteiger partial charge in [-0.05, 0) is 128 Å². The van der Waals surface area contributed by atoms with Crippen LogP contribution in [0.2, 0.25) is 0 Å². The molecule has 0 spiro atoms. The third-order valence-corrected chi connectivity index (χ3v) is 17.1. The van der Waals surface area contributed by atoms with Crippen LogP contribution in [0.5, 0.6) is 17.2 Å². The largest absolute Gasteiger partial charge is 0.508 e. The molecular formula is C69H86N10O11. The van der Waals surface area contributed by atoms with Gasteiger partial charge >= 0.3 is 11.8 Å². The van der Waals surface area contributed by atoms with E-state index in [2.05, 4.69) is 41.3 Å². The summed E-state index contributed by atoms with van der Waals surface area (Å²) in [6.45, 7) is 18.8. The molecule has 1 aromatic heterocycles. The van der Waals surface area contributed by atoms with Crippen molar-refractivity contribution in [1.29, 1.82) is 0 Å². The molecular weight excluding hydrogens is 1140 g/mol. The Balaban J connectivity index is 0.764. The Bertz CT molecular complexity index is 3500. The van der Waals surface area contributed by atoms with Crippen LogP contribution in [0.3, 0.4) is 0 Å². The second-order valence-corrected chi connectivity index (χ2v) is 25.4. The summed E-state index contributed by atoms with van der Waals surface area (Å²) >= 11 is 0. The first kappa shape index (κ1) is 65.8. The van der Waals surface area contributed by atoms with Crippen molar-refractivity contribution in [2.24, 2.45) is 11.8 Å². The van der Waals surface area contributed by atoms with Gasteiger partial charge in [0.2, 0.25) is 17.7 Å². The molecule has 478 valence electrons. The number of aromatic nitrogens is 3. The highest BCUT2D eigenvalue weighted by molar-refractivity contribution is 6.00. The molecule has 3 fully saturated rings. The molecule has 0 saturated carbocycles. The fourth-order valence-electron chi connectivity index (χ4n) is 11.9. The van der Waals surface area contributed by atoms with Crippen LogP contribution in [0.1, 0.15) is 119 Å². The van der Waals surface area contributed by atoms with E-state index in [1.165, 1.54) is 22.8 Å². The molecule has 3 aliphatic rings. The minimum absolute atomic E-state index is 0.0222. The lowest BCUT2D eigenvalue weighted by atomic mass is 9.93. The molecule has 0 aliphatic carbocycles. The van der Waals surface area contributed by atoms with E-state index in [4.69, 9.17) is 9.47 Å². The SMILES string of the molecule is CC(C)C[C@H](NC(=O)[C@H](CCc1ccccc1)NC(=O)c1ccc(OC(=O)N2CCC(N3CCN(Cc4ccc(-n5c(-c6cc(C(C)C)c(O)cc6O)n[nH]c5=O)cc4)CC3)CC2)cc1)C(=O)N[C@@H](Cc1ccccc1)C(=O)N[C@@H](CC(C)C)C(=O)[C@@]1(C)CO1. The van der Waals surface area contributed by atoms with Gasteiger partial charge in [-0.1, -0.05) is 114 Å². The number of aromatic hydroxyl groups is 2. The van der Waals surface area contributed by atoms with E-state index in [0.717, 1.165) is 62.3 Å². The minimum Gasteiger partial charge on any atom is -0.508 e. The van der Waals surface area contributed by atoms with Crippen LogP contribution in [0.25, 0.3) is 17.1 Å². The molecule has 3 aliphatic heterocycles. The maximum absolute atomic E-state index is 14.5. The molecule has 5 aromatic carbocycles. The molecule has 0 radical (unpaired) electrons. The Kier molecular flexibility index (Phi) is 21.8. The van der Waals surface area contributed by atoms with Crippen molar-refractivity contribution in [2.45, 2.75) is 142 Å². The van der Waals surface area contributed by atoms with Crippen molar-refractivity contribution in [3.05, 3.63) is 160 Å². The molecule has 7 N–H and O–H groups in total. The summed E-state index contributed by atoms with van der Waals surface area (Å²) < 4.78 is 12.7. The average Bonchev–Trinajstić information content (AvgIpc) is 1.69. The van der Waals surface area contributed by atoms with E-state index < -0.39 is 65.2 Å². The molecule has 6 aromatic rings. The first-order valence-corrected chi connectivity index (χ1v) is 31.5. The van der Waals surface area contributed by atoms with Gasteiger partial charge < -0.3 is 45.9 Å². The normalized spacial score (nSPS) is 17.7. The highest BCUT2D eigenvalue weighted by Crippen LogP contribution is 2.38. The number of aryl methyl sites for hydroxylation is 1. The van der Waals surface area contributed by atoms with Crippen molar-refractivity contribution in [3.8, 4) is 34.3 Å². The molecule has 4 heterocycles. The molecule has 9 rings (SSSR count). The van der Waals surface area contributed by atoms with Crippen LogP contribution >= 0.6 is 0 Å². The number of hydrogen-bond donors (Lipinski definition) is 7. The Labute approximate surface area is 525 Å². The lowest BCUT2D eigenvalue weighted by Crippen LogP contribution is -2.59. The average molecular weight is 1230 g/mol. The van der Waals surface area contributed by atoms with E-state index >= 15 is 0 Å². The zero-order chi connectivity index (χ0) is 64.2. The van der Waals surface area contributed by atoms with Crippen molar-refractivity contribution in [2.75, 3.05) is 45.9 Å².